The van der Waals surface area contributed by atoms with Crippen LogP contribution in [0.3, 0.4) is 0 Å². The van der Waals surface area contributed by atoms with Gasteiger partial charge in [0.15, 0.2) is 0 Å². The minimum absolute atomic E-state index is 0.109. The first kappa shape index (κ1) is 6.33. The van der Waals surface area contributed by atoms with Gasteiger partial charge < -0.3 is 5.32 Å². The van der Waals surface area contributed by atoms with Gasteiger partial charge in [-0.1, -0.05) is 6.08 Å². The number of carbonyl (C=O) groups is 1. The molecule has 9 heavy (non-hydrogen) atoms. The van der Waals surface area contributed by atoms with Crippen LogP contribution in [0, 0.1) is 5.41 Å². The largest absolute Gasteiger partial charge is 0.358 e. The Labute approximate surface area is 54.9 Å². The van der Waals surface area contributed by atoms with Gasteiger partial charge in [0.05, 0.1) is 5.41 Å². The Balaban J connectivity index is 2.59. The van der Waals surface area contributed by atoms with Crippen molar-refractivity contribution in [3.8, 4) is 0 Å². The molecular weight excluding hydrogens is 114 g/mol. The second kappa shape index (κ2) is 1.87. The zero-order valence-corrected chi connectivity index (χ0v) is 5.61. The van der Waals surface area contributed by atoms with E-state index >= 15 is 0 Å². The van der Waals surface area contributed by atoms with Crippen molar-refractivity contribution in [3.05, 3.63) is 12.7 Å². The average Bonchev–Trinajstić information content (AvgIpc) is 2.66. The van der Waals surface area contributed by atoms with Gasteiger partial charge in [-0.25, -0.2) is 0 Å². The van der Waals surface area contributed by atoms with E-state index in [9.17, 15) is 4.79 Å². The monoisotopic (exact) mass is 125 g/mol. The van der Waals surface area contributed by atoms with Crippen LogP contribution in [0.25, 0.3) is 0 Å². The lowest BCUT2D eigenvalue weighted by atomic mass is 10.1. The van der Waals surface area contributed by atoms with E-state index in [0.29, 0.717) is 0 Å². The van der Waals surface area contributed by atoms with E-state index in [1.54, 1.807) is 13.1 Å². The Morgan fingerprint density at radius 2 is 2.33 bits per heavy atom. The summed E-state index contributed by atoms with van der Waals surface area (Å²) in [5, 5.41) is 2.61. The normalized spacial score (nSPS) is 20.6. The van der Waals surface area contributed by atoms with Crippen LogP contribution in [0.5, 0.6) is 0 Å². The van der Waals surface area contributed by atoms with Crippen molar-refractivity contribution in [1.82, 2.24) is 5.32 Å². The molecular formula is C7H11NO. The molecule has 0 heterocycles. The number of rotatable bonds is 2. The highest BCUT2D eigenvalue weighted by Crippen LogP contribution is 2.46. The number of carbonyl (C=O) groups excluding carboxylic acids is 1. The molecule has 1 N–H and O–H groups in total. The number of hydrogen-bond donors (Lipinski definition) is 1. The van der Waals surface area contributed by atoms with Gasteiger partial charge in [-0.2, -0.15) is 0 Å². The summed E-state index contributed by atoms with van der Waals surface area (Å²) < 4.78 is 0. The molecule has 1 aliphatic carbocycles. The first-order valence-electron chi connectivity index (χ1n) is 3.11. The van der Waals surface area contributed by atoms with Gasteiger partial charge in [-0.3, -0.25) is 4.79 Å². The van der Waals surface area contributed by atoms with Crippen LogP contribution < -0.4 is 5.32 Å². The number of hydrogen-bond acceptors (Lipinski definition) is 1. The average molecular weight is 125 g/mol. The van der Waals surface area contributed by atoms with Gasteiger partial charge in [0.2, 0.25) is 5.91 Å². The predicted molar refractivity (Wildman–Crippen MR) is 35.9 cm³/mol. The number of nitrogens with one attached hydrogen (secondary N) is 1. The Morgan fingerprint density at radius 3 is 2.44 bits per heavy atom. The molecule has 1 saturated carbocycles. The summed E-state index contributed by atoms with van der Waals surface area (Å²) in [6.45, 7) is 3.60. The maximum Gasteiger partial charge on any atom is 0.229 e. The third-order valence-electron chi connectivity index (χ3n) is 1.86. The topological polar surface area (TPSA) is 29.1 Å². The summed E-state index contributed by atoms with van der Waals surface area (Å²) in [6, 6.07) is 0. The van der Waals surface area contributed by atoms with Crippen LogP contribution in [0.15, 0.2) is 12.7 Å². The molecule has 0 unspecified atom stereocenters. The highest BCUT2D eigenvalue weighted by Gasteiger charge is 2.46. The van der Waals surface area contributed by atoms with Gasteiger partial charge in [0, 0.05) is 7.05 Å². The molecule has 1 aliphatic rings. The highest BCUT2D eigenvalue weighted by atomic mass is 16.2. The maximum absolute atomic E-state index is 10.9. The lowest BCUT2D eigenvalue weighted by molar-refractivity contribution is -0.124. The molecule has 1 amide bonds. The minimum atomic E-state index is -0.186. The van der Waals surface area contributed by atoms with Crippen molar-refractivity contribution < 1.29 is 4.79 Å². The molecule has 0 spiro atoms. The van der Waals surface area contributed by atoms with Crippen LogP contribution in [-0.2, 0) is 4.79 Å². The Bertz CT molecular complexity index is 147. The number of amides is 1. The summed E-state index contributed by atoms with van der Waals surface area (Å²) in [5.74, 6) is 0.109. The van der Waals surface area contributed by atoms with Gasteiger partial charge >= 0.3 is 0 Å². The van der Waals surface area contributed by atoms with E-state index in [1.807, 2.05) is 0 Å². The molecule has 0 aliphatic heterocycles. The van der Waals surface area contributed by atoms with Crippen molar-refractivity contribution in [2.45, 2.75) is 12.8 Å². The van der Waals surface area contributed by atoms with Gasteiger partial charge in [-0.15, -0.1) is 6.58 Å². The Morgan fingerprint density at radius 1 is 1.78 bits per heavy atom. The van der Waals surface area contributed by atoms with Gasteiger partial charge in [0.25, 0.3) is 0 Å². The SMILES string of the molecule is C=CC1(C(=O)NC)CC1. The Kier molecular flexibility index (Phi) is 1.31. The smallest absolute Gasteiger partial charge is 0.229 e. The van der Waals surface area contributed by atoms with E-state index in [1.165, 1.54) is 0 Å². The first-order chi connectivity index (χ1) is 4.25. The fourth-order valence-corrected chi connectivity index (χ4v) is 0.907. The molecule has 0 aromatic heterocycles. The third kappa shape index (κ3) is 0.846. The molecule has 0 radical (unpaired) electrons. The second-order valence-corrected chi connectivity index (χ2v) is 2.44. The molecule has 1 rings (SSSR count). The first-order valence-corrected chi connectivity index (χ1v) is 3.11. The molecule has 50 valence electrons. The maximum atomic E-state index is 10.9. The summed E-state index contributed by atoms with van der Waals surface area (Å²) in [6.07, 6.45) is 3.68. The quantitative estimate of drug-likeness (QED) is 0.541. The zero-order valence-electron chi connectivity index (χ0n) is 5.61. The predicted octanol–water partition coefficient (Wildman–Crippen LogP) is 0.699. The molecule has 0 atom stereocenters. The van der Waals surface area contributed by atoms with Crippen LogP contribution in [0.2, 0.25) is 0 Å². The van der Waals surface area contributed by atoms with E-state index in [2.05, 4.69) is 11.9 Å². The van der Waals surface area contributed by atoms with Crippen molar-refractivity contribution in [3.63, 3.8) is 0 Å². The van der Waals surface area contributed by atoms with E-state index in [0.717, 1.165) is 12.8 Å². The molecule has 1 fully saturated rings. The molecule has 0 saturated heterocycles. The third-order valence-corrected chi connectivity index (χ3v) is 1.86. The van der Waals surface area contributed by atoms with Crippen LogP contribution in [0.1, 0.15) is 12.8 Å². The summed E-state index contributed by atoms with van der Waals surface area (Å²) in [5.41, 5.74) is -0.186. The van der Waals surface area contributed by atoms with Crippen molar-refractivity contribution in [2.24, 2.45) is 5.41 Å². The Hall–Kier alpha value is -0.790. The van der Waals surface area contributed by atoms with Crippen LogP contribution in [0.4, 0.5) is 0 Å². The molecule has 2 heteroatoms. The van der Waals surface area contributed by atoms with Crippen molar-refractivity contribution in [2.75, 3.05) is 7.05 Å². The van der Waals surface area contributed by atoms with E-state index in [-0.39, 0.29) is 11.3 Å². The lowest BCUT2D eigenvalue weighted by Gasteiger charge is -2.04. The van der Waals surface area contributed by atoms with Crippen LogP contribution >= 0.6 is 0 Å². The standard InChI is InChI=1S/C7H11NO/c1-3-7(4-5-7)6(9)8-2/h3H,1,4-5H2,2H3,(H,8,9). The second-order valence-electron chi connectivity index (χ2n) is 2.44. The fourth-order valence-electron chi connectivity index (χ4n) is 0.907. The van der Waals surface area contributed by atoms with E-state index in [4.69, 9.17) is 0 Å². The zero-order chi connectivity index (χ0) is 6.91. The van der Waals surface area contributed by atoms with Crippen molar-refractivity contribution in [1.29, 1.82) is 0 Å². The van der Waals surface area contributed by atoms with Crippen molar-refractivity contribution >= 4 is 5.91 Å². The molecule has 0 bridgehead atoms. The van der Waals surface area contributed by atoms with Gasteiger partial charge in [0.1, 0.15) is 0 Å². The van der Waals surface area contributed by atoms with Crippen LogP contribution in [-0.4, -0.2) is 13.0 Å². The lowest BCUT2D eigenvalue weighted by Crippen LogP contribution is -2.26. The highest BCUT2D eigenvalue weighted by molar-refractivity contribution is 5.86. The molecule has 0 aromatic rings. The fraction of sp³-hybridized carbons (Fsp3) is 0.571. The summed E-state index contributed by atoms with van der Waals surface area (Å²) >= 11 is 0. The van der Waals surface area contributed by atoms with Gasteiger partial charge in [-0.05, 0) is 12.8 Å². The minimum Gasteiger partial charge on any atom is -0.358 e. The molecule has 2 nitrogen and oxygen atoms in total. The molecule has 0 aromatic carbocycles. The van der Waals surface area contributed by atoms with E-state index < -0.39 is 0 Å². The summed E-state index contributed by atoms with van der Waals surface area (Å²) in [7, 11) is 1.66. The summed E-state index contributed by atoms with van der Waals surface area (Å²) in [4.78, 5) is 10.9.